The van der Waals surface area contributed by atoms with Crippen molar-refractivity contribution in [1.29, 1.82) is 0 Å². The maximum absolute atomic E-state index is 9.78. The maximum atomic E-state index is 9.78. The molecule has 0 saturated carbocycles. The van der Waals surface area contributed by atoms with Gasteiger partial charge in [0.2, 0.25) is 0 Å². The number of unbranched alkanes of at least 4 members (excludes halogenated alkanes) is 1. The highest BCUT2D eigenvalue weighted by atomic mass is 16.5. The highest BCUT2D eigenvalue weighted by Gasteiger charge is 2.09. The molecule has 1 aromatic rings. The fraction of sp³-hybridized carbons (Fsp3) is 0.600. The van der Waals surface area contributed by atoms with Crippen LogP contribution in [0.1, 0.15) is 30.9 Å². The van der Waals surface area contributed by atoms with Crippen LogP contribution in [0.25, 0.3) is 0 Å². The molecule has 0 heterocycles. The zero-order chi connectivity index (χ0) is 14.1. The van der Waals surface area contributed by atoms with Crippen molar-refractivity contribution < 1.29 is 14.6 Å². The Morgan fingerprint density at radius 1 is 1.32 bits per heavy atom. The van der Waals surface area contributed by atoms with Crippen LogP contribution in [0.5, 0.6) is 5.75 Å². The molecule has 1 atom stereocenters. The van der Waals surface area contributed by atoms with Crippen molar-refractivity contribution >= 4 is 0 Å². The lowest BCUT2D eigenvalue weighted by Crippen LogP contribution is -2.24. The monoisotopic (exact) mass is 267 g/mol. The lowest BCUT2D eigenvalue weighted by atomic mass is 10.1. The summed E-state index contributed by atoms with van der Waals surface area (Å²) in [6, 6.07) is 5.86. The van der Waals surface area contributed by atoms with E-state index in [1.165, 1.54) is 0 Å². The number of para-hydroxylation sites is 1. The fourth-order valence-corrected chi connectivity index (χ4v) is 1.77. The standard InChI is InChI=1S/C15H25NO3/c1-3-4-8-18-10-14(17)11-19-15-12(2)6-5-7-13(15)9-16/h5-7,14,17H,3-4,8-11,16H2,1-2H3. The van der Waals surface area contributed by atoms with Crippen LogP contribution in [0.4, 0.5) is 0 Å². The van der Waals surface area contributed by atoms with E-state index in [1.54, 1.807) is 0 Å². The molecule has 0 aliphatic carbocycles. The van der Waals surface area contributed by atoms with Gasteiger partial charge >= 0.3 is 0 Å². The number of hydrogen-bond acceptors (Lipinski definition) is 4. The van der Waals surface area contributed by atoms with Gasteiger partial charge in [-0.05, 0) is 18.9 Å². The van der Waals surface area contributed by atoms with Crippen molar-refractivity contribution in [3.8, 4) is 5.75 Å². The van der Waals surface area contributed by atoms with Crippen LogP contribution in [0, 0.1) is 6.92 Å². The zero-order valence-electron chi connectivity index (χ0n) is 11.9. The normalized spacial score (nSPS) is 12.4. The molecular formula is C15H25NO3. The Balaban J connectivity index is 2.39. The number of rotatable bonds is 9. The molecule has 0 bridgehead atoms. The quantitative estimate of drug-likeness (QED) is 0.672. The van der Waals surface area contributed by atoms with Gasteiger partial charge in [-0.3, -0.25) is 0 Å². The fourth-order valence-electron chi connectivity index (χ4n) is 1.77. The van der Waals surface area contributed by atoms with Gasteiger partial charge in [0, 0.05) is 18.7 Å². The maximum Gasteiger partial charge on any atom is 0.126 e. The molecule has 0 fully saturated rings. The minimum Gasteiger partial charge on any atom is -0.490 e. The molecule has 1 rings (SSSR count). The van der Waals surface area contributed by atoms with Crippen molar-refractivity contribution in [1.82, 2.24) is 0 Å². The zero-order valence-corrected chi connectivity index (χ0v) is 11.9. The SMILES string of the molecule is CCCCOCC(O)COc1c(C)cccc1CN. The predicted octanol–water partition coefficient (Wildman–Crippen LogP) is 2.01. The van der Waals surface area contributed by atoms with E-state index in [0.29, 0.717) is 19.8 Å². The van der Waals surface area contributed by atoms with Crippen LogP contribution in [-0.2, 0) is 11.3 Å². The van der Waals surface area contributed by atoms with E-state index in [-0.39, 0.29) is 6.61 Å². The summed E-state index contributed by atoms with van der Waals surface area (Å²) in [5.41, 5.74) is 7.66. The van der Waals surface area contributed by atoms with Gasteiger partial charge in [-0.2, -0.15) is 0 Å². The van der Waals surface area contributed by atoms with Crippen LogP contribution in [-0.4, -0.2) is 31.0 Å². The van der Waals surface area contributed by atoms with Crippen LogP contribution in [0.15, 0.2) is 18.2 Å². The van der Waals surface area contributed by atoms with Crippen LogP contribution in [0.3, 0.4) is 0 Å². The Bertz CT molecular complexity index is 368. The van der Waals surface area contributed by atoms with Gasteiger partial charge in [0.25, 0.3) is 0 Å². The molecule has 0 aliphatic rings. The van der Waals surface area contributed by atoms with Gasteiger partial charge < -0.3 is 20.3 Å². The second-order valence-corrected chi connectivity index (χ2v) is 4.66. The first-order chi connectivity index (χ1) is 9.19. The number of aliphatic hydroxyl groups is 1. The second-order valence-electron chi connectivity index (χ2n) is 4.66. The summed E-state index contributed by atoms with van der Waals surface area (Å²) < 4.78 is 11.0. The summed E-state index contributed by atoms with van der Waals surface area (Å²) in [5.74, 6) is 0.776. The Morgan fingerprint density at radius 2 is 2.11 bits per heavy atom. The van der Waals surface area contributed by atoms with Gasteiger partial charge in [-0.25, -0.2) is 0 Å². The van der Waals surface area contributed by atoms with Gasteiger partial charge in [-0.15, -0.1) is 0 Å². The highest BCUT2D eigenvalue weighted by molar-refractivity contribution is 5.40. The van der Waals surface area contributed by atoms with Crippen LogP contribution < -0.4 is 10.5 Å². The third-order valence-electron chi connectivity index (χ3n) is 2.89. The summed E-state index contributed by atoms with van der Waals surface area (Å²) in [5, 5.41) is 9.78. The van der Waals surface area contributed by atoms with Crippen molar-refractivity contribution in [3.05, 3.63) is 29.3 Å². The van der Waals surface area contributed by atoms with E-state index < -0.39 is 6.10 Å². The molecular weight excluding hydrogens is 242 g/mol. The third-order valence-corrected chi connectivity index (χ3v) is 2.89. The van der Waals surface area contributed by atoms with Crippen molar-refractivity contribution in [2.75, 3.05) is 19.8 Å². The molecule has 1 unspecified atom stereocenters. The first kappa shape index (κ1) is 16.0. The lowest BCUT2D eigenvalue weighted by molar-refractivity contribution is 0.0110. The number of hydrogen-bond donors (Lipinski definition) is 2. The molecule has 4 nitrogen and oxygen atoms in total. The molecule has 4 heteroatoms. The lowest BCUT2D eigenvalue weighted by Gasteiger charge is -2.16. The van der Waals surface area contributed by atoms with Gasteiger partial charge in [0.15, 0.2) is 0 Å². The summed E-state index contributed by atoms with van der Waals surface area (Å²) in [7, 11) is 0. The Morgan fingerprint density at radius 3 is 2.79 bits per heavy atom. The van der Waals surface area contributed by atoms with E-state index in [1.807, 2.05) is 25.1 Å². The van der Waals surface area contributed by atoms with E-state index >= 15 is 0 Å². The topological polar surface area (TPSA) is 64.7 Å². The average Bonchev–Trinajstić information content (AvgIpc) is 2.42. The highest BCUT2D eigenvalue weighted by Crippen LogP contribution is 2.23. The average molecular weight is 267 g/mol. The molecule has 0 radical (unpaired) electrons. The Kier molecular flexibility index (Phi) is 7.48. The second kappa shape index (κ2) is 8.91. The van der Waals surface area contributed by atoms with Crippen LogP contribution >= 0.6 is 0 Å². The molecule has 0 spiro atoms. The molecule has 0 amide bonds. The van der Waals surface area contributed by atoms with E-state index in [2.05, 4.69) is 6.92 Å². The van der Waals surface area contributed by atoms with Crippen molar-refractivity contribution in [3.63, 3.8) is 0 Å². The summed E-state index contributed by atoms with van der Waals surface area (Å²) in [6.45, 7) is 5.73. The number of aryl methyl sites for hydroxylation is 1. The first-order valence-corrected chi connectivity index (χ1v) is 6.86. The van der Waals surface area contributed by atoms with E-state index in [0.717, 1.165) is 29.7 Å². The van der Waals surface area contributed by atoms with E-state index in [4.69, 9.17) is 15.2 Å². The number of benzene rings is 1. The largest absolute Gasteiger partial charge is 0.490 e. The van der Waals surface area contributed by atoms with Gasteiger partial charge in [-0.1, -0.05) is 31.5 Å². The molecule has 108 valence electrons. The predicted molar refractivity (Wildman–Crippen MR) is 76.3 cm³/mol. The molecule has 0 aromatic heterocycles. The Labute approximate surface area is 115 Å². The number of nitrogens with two attached hydrogens (primary N) is 1. The molecule has 3 N–H and O–H groups in total. The van der Waals surface area contributed by atoms with Gasteiger partial charge in [0.05, 0.1) is 6.61 Å². The number of ether oxygens (including phenoxy) is 2. The summed E-state index contributed by atoms with van der Waals surface area (Å²) in [6.07, 6.45) is 1.50. The molecule has 1 aromatic carbocycles. The molecule has 19 heavy (non-hydrogen) atoms. The first-order valence-electron chi connectivity index (χ1n) is 6.86. The molecule has 0 saturated heterocycles. The molecule has 0 aliphatic heterocycles. The minimum absolute atomic E-state index is 0.226. The minimum atomic E-state index is -0.609. The van der Waals surface area contributed by atoms with Crippen molar-refractivity contribution in [2.45, 2.75) is 39.3 Å². The number of aliphatic hydroxyl groups excluding tert-OH is 1. The summed E-state index contributed by atoms with van der Waals surface area (Å²) >= 11 is 0. The van der Waals surface area contributed by atoms with Crippen LogP contribution in [0.2, 0.25) is 0 Å². The van der Waals surface area contributed by atoms with E-state index in [9.17, 15) is 5.11 Å². The van der Waals surface area contributed by atoms with Crippen molar-refractivity contribution in [2.24, 2.45) is 5.73 Å². The van der Waals surface area contributed by atoms with Gasteiger partial charge in [0.1, 0.15) is 18.5 Å². The smallest absolute Gasteiger partial charge is 0.126 e. The Hall–Kier alpha value is -1.10. The summed E-state index contributed by atoms with van der Waals surface area (Å²) in [4.78, 5) is 0. The third kappa shape index (κ3) is 5.59.